The summed E-state index contributed by atoms with van der Waals surface area (Å²) in [6.45, 7) is 2.37. The Balaban J connectivity index is 1.76. The molecular formula is C16H16N2OS2. The zero-order chi connectivity index (χ0) is 14.4. The fourth-order valence-electron chi connectivity index (χ4n) is 3.49. The second-order valence-corrected chi connectivity index (χ2v) is 7.45. The molecule has 4 rings (SSSR count). The average Bonchev–Trinajstić information content (AvgIpc) is 2.77. The van der Waals surface area contributed by atoms with Gasteiger partial charge in [-0.25, -0.2) is 0 Å². The molecule has 21 heavy (non-hydrogen) atoms. The van der Waals surface area contributed by atoms with Gasteiger partial charge < -0.3 is 10.2 Å². The lowest BCUT2D eigenvalue weighted by Crippen LogP contribution is -2.34. The number of hydrogen-bond acceptors (Lipinski definition) is 4. The number of anilines is 1. The number of carbonyl (C=O) groups excluding carboxylic acids is 1. The van der Waals surface area contributed by atoms with Crippen molar-refractivity contribution in [2.24, 2.45) is 0 Å². The number of thioether (sulfide) groups is 1. The van der Waals surface area contributed by atoms with E-state index in [4.69, 9.17) is 12.2 Å². The summed E-state index contributed by atoms with van der Waals surface area (Å²) in [4.78, 5) is 15.0. The van der Waals surface area contributed by atoms with E-state index in [1.807, 2.05) is 6.08 Å². The van der Waals surface area contributed by atoms with E-state index in [-0.39, 0.29) is 5.91 Å². The van der Waals surface area contributed by atoms with Crippen molar-refractivity contribution in [3.8, 4) is 0 Å². The van der Waals surface area contributed by atoms with Gasteiger partial charge in [0.15, 0.2) is 0 Å². The molecule has 1 aromatic rings. The third-order valence-corrected chi connectivity index (χ3v) is 5.46. The first kappa shape index (κ1) is 13.3. The number of hydrogen-bond donors (Lipinski definition) is 1. The van der Waals surface area contributed by atoms with E-state index in [9.17, 15) is 4.79 Å². The van der Waals surface area contributed by atoms with E-state index in [1.165, 1.54) is 54.5 Å². The Labute approximate surface area is 133 Å². The molecule has 0 saturated carbocycles. The highest BCUT2D eigenvalue weighted by molar-refractivity contribution is 8.26. The summed E-state index contributed by atoms with van der Waals surface area (Å²) in [7, 11) is 0. The molecule has 3 heterocycles. The van der Waals surface area contributed by atoms with Gasteiger partial charge in [-0.15, -0.1) is 0 Å². The number of thiocarbonyl (C=S) groups is 1. The van der Waals surface area contributed by atoms with Crippen molar-refractivity contribution in [3.05, 3.63) is 33.7 Å². The molecule has 5 heteroatoms. The second kappa shape index (κ2) is 5.14. The van der Waals surface area contributed by atoms with Crippen molar-refractivity contribution in [1.82, 2.24) is 5.32 Å². The SMILES string of the molecule is O=C1NC(=S)S/C1=C\c1cc2c3c(c1)CCCN3CCC2. The summed E-state index contributed by atoms with van der Waals surface area (Å²) in [5.74, 6) is -0.0713. The molecule has 0 bridgehead atoms. The first-order valence-electron chi connectivity index (χ1n) is 7.36. The van der Waals surface area contributed by atoms with E-state index in [0.29, 0.717) is 9.23 Å². The molecule has 3 aliphatic rings. The monoisotopic (exact) mass is 316 g/mol. The molecule has 3 aliphatic heterocycles. The summed E-state index contributed by atoms with van der Waals surface area (Å²) in [6.07, 6.45) is 6.72. The molecule has 1 fully saturated rings. The lowest BCUT2D eigenvalue weighted by atomic mass is 9.90. The van der Waals surface area contributed by atoms with Gasteiger partial charge in [0, 0.05) is 18.8 Å². The number of carbonyl (C=O) groups is 1. The number of nitrogens with zero attached hydrogens (tertiary/aromatic N) is 1. The van der Waals surface area contributed by atoms with Gasteiger partial charge in [-0.2, -0.15) is 0 Å². The molecule has 3 nitrogen and oxygen atoms in total. The van der Waals surface area contributed by atoms with Gasteiger partial charge in [-0.05, 0) is 60.6 Å². The Hall–Kier alpha value is -1.33. The Bertz CT molecular complexity index is 650. The minimum Gasteiger partial charge on any atom is -0.371 e. The second-order valence-electron chi connectivity index (χ2n) is 5.73. The van der Waals surface area contributed by atoms with Crippen molar-refractivity contribution in [2.45, 2.75) is 25.7 Å². The molecule has 1 N–H and O–H groups in total. The zero-order valence-electron chi connectivity index (χ0n) is 11.6. The van der Waals surface area contributed by atoms with Crippen LogP contribution in [0.3, 0.4) is 0 Å². The van der Waals surface area contributed by atoms with Crippen LogP contribution in [-0.4, -0.2) is 23.3 Å². The predicted octanol–water partition coefficient (Wildman–Crippen LogP) is 2.87. The van der Waals surface area contributed by atoms with Crippen LogP contribution >= 0.6 is 24.0 Å². The minimum atomic E-state index is -0.0713. The fraction of sp³-hybridized carbons (Fsp3) is 0.375. The Morgan fingerprint density at radius 2 is 1.86 bits per heavy atom. The third kappa shape index (κ3) is 2.38. The number of benzene rings is 1. The van der Waals surface area contributed by atoms with Crippen molar-refractivity contribution in [3.63, 3.8) is 0 Å². The molecule has 0 atom stereocenters. The van der Waals surface area contributed by atoms with Crippen LogP contribution in [-0.2, 0) is 17.6 Å². The topological polar surface area (TPSA) is 32.3 Å². The van der Waals surface area contributed by atoms with E-state index in [2.05, 4.69) is 22.3 Å². The molecule has 108 valence electrons. The molecule has 0 spiro atoms. The summed E-state index contributed by atoms with van der Waals surface area (Å²) in [5.41, 5.74) is 5.48. The van der Waals surface area contributed by atoms with Crippen molar-refractivity contribution >= 4 is 46.0 Å². The normalized spacial score (nSPS) is 22.5. The summed E-state index contributed by atoms with van der Waals surface area (Å²) in [6, 6.07) is 4.50. The smallest absolute Gasteiger partial charge is 0.263 e. The third-order valence-electron chi connectivity index (χ3n) is 4.29. The van der Waals surface area contributed by atoms with E-state index in [1.54, 1.807) is 0 Å². The quantitative estimate of drug-likeness (QED) is 0.638. The molecule has 1 amide bonds. The number of amides is 1. The number of nitrogens with one attached hydrogen (secondary N) is 1. The van der Waals surface area contributed by atoms with E-state index < -0.39 is 0 Å². The lowest BCUT2D eigenvalue weighted by Gasteiger charge is -2.37. The maximum atomic E-state index is 11.8. The average molecular weight is 316 g/mol. The predicted molar refractivity (Wildman–Crippen MR) is 91.6 cm³/mol. The van der Waals surface area contributed by atoms with Crippen molar-refractivity contribution < 1.29 is 4.79 Å². The van der Waals surface area contributed by atoms with Crippen molar-refractivity contribution in [2.75, 3.05) is 18.0 Å². The largest absolute Gasteiger partial charge is 0.371 e. The van der Waals surface area contributed by atoms with Crippen LogP contribution in [0.4, 0.5) is 5.69 Å². The first-order valence-corrected chi connectivity index (χ1v) is 8.59. The summed E-state index contributed by atoms with van der Waals surface area (Å²) < 4.78 is 0.553. The maximum absolute atomic E-state index is 11.8. The van der Waals surface area contributed by atoms with Gasteiger partial charge in [0.05, 0.1) is 4.91 Å². The summed E-state index contributed by atoms with van der Waals surface area (Å²) >= 11 is 6.40. The summed E-state index contributed by atoms with van der Waals surface area (Å²) in [5, 5.41) is 2.68. The fourth-order valence-corrected chi connectivity index (χ4v) is 4.53. The van der Waals surface area contributed by atoms with Crippen molar-refractivity contribution in [1.29, 1.82) is 0 Å². The molecular weight excluding hydrogens is 300 g/mol. The van der Waals surface area contributed by atoms with Crippen LogP contribution in [0, 0.1) is 0 Å². The number of aryl methyl sites for hydroxylation is 2. The van der Waals surface area contributed by atoms with Gasteiger partial charge in [0.2, 0.25) is 0 Å². The van der Waals surface area contributed by atoms with Crippen LogP contribution in [0.25, 0.3) is 6.08 Å². The van der Waals surface area contributed by atoms with Crippen LogP contribution in [0.5, 0.6) is 0 Å². The maximum Gasteiger partial charge on any atom is 0.263 e. The highest BCUT2D eigenvalue weighted by Crippen LogP contribution is 2.37. The van der Waals surface area contributed by atoms with Crippen LogP contribution in [0.15, 0.2) is 17.0 Å². The van der Waals surface area contributed by atoms with Crippen LogP contribution in [0.2, 0.25) is 0 Å². The van der Waals surface area contributed by atoms with Gasteiger partial charge in [-0.3, -0.25) is 4.79 Å². The standard InChI is InChI=1S/C16H16N2OS2/c19-15-13(21-16(20)17-15)9-10-7-11-3-1-5-18-6-2-4-12(8-10)14(11)18/h7-9H,1-6H2,(H,17,19,20)/b13-9-. The highest BCUT2D eigenvalue weighted by atomic mass is 32.2. The molecule has 0 radical (unpaired) electrons. The Morgan fingerprint density at radius 3 is 2.43 bits per heavy atom. The Morgan fingerprint density at radius 1 is 1.19 bits per heavy atom. The Kier molecular flexibility index (Phi) is 3.27. The number of rotatable bonds is 1. The van der Waals surface area contributed by atoms with Gasteiger partial charge >= 0.3 is 0 Å². The van der Waals surface area contributed by atoms with Crippen LogP contribution in [0.1, 0.15) is 29.5 Å². The van der Waals surface area contributed by atoms with Gasteiger partial charge in [0.1, 0.15) is 4.32 Å². The molecule has 0 aromatic heterocycles. The molecule has 0 unspecified atom stereocenters. The highest BCUT2D eigenvalue weighted by Gasteiger charge is 2.25. The van der Waals surface area contributed by atoms with Gasteiger partial charge in [0.25, 0.3) is 5.91 Å². The van der Waals surface area contributed by atoms with Gasteiger partial charge in [-0.1, -0.05) is 24.0 Å². The van der Waals surface area contributed by atoms with Crippen LogP contribution < -0.4 is 10.2 Å². The minimum absolute atomic E-state index is 0.0713. The molecule has 0 aliphatic carbocycles. The molecule has 1 aromatic carbocycles. The zero-order valence-corrected chi connectivity index (χ0v) is 13.3. The van der Waals surface area contributed by atoms with E-state index in [0.717, 1.165) is 18.4 Å². The lowest BCUT2D eigenvalue weighted by molar-refractivity contribution is -0.115. The first-order chi connectivity index (χ1) is 10.2. The molecule has 1 saturated heterocycles. The van der Waals surface area contributed by atoms with E-state index >= 15 is 0 Å².